The van der Waals surface area contributed by atoms with Crippen molar-refractivity contribution in [3.8, 4) is 17.0 Å². The van der Waals surface area contributed by atoms with Gasteiger partial charge in [-0.15, -0.1) is 0 Å². The highest BCUT2D eigenvalue weighted by Crippen LogP contribution is 2.30. The Morgan fingerprint density at radius 1 is 1.06 bits per heavy atom. The molecule has 0 bridgehead atoms. The third kappa shape index (κ3) is 5.42. The number of carbonyl (C=O) groups excluding carboxylic acids is 1. The van der Waals surface area contributed by atoms with Crippen molar-refractivity contribution in [3.63, 3.8) is 0 Å². The Kier molecular flexibility index (Phi) is 6.46. The second kappa shape index (κ2) is 9.62. The van der Waals surface area contributed by atoms with Crippen LogP contribution >= 0.6 is 0 Å². The van der Waals surface area contributed by atoms with E-state index < -0.39 is 0 Å². The molecule has 4 aromatic rings. The van der Waals surface area contributed by atoms with Crippen LogP contribution in [0.5, 0.6) is 5.88 Å². The largest absolute Gasteiger partial charge is 0.481 e. The number of nitrogens with zero attached hydrogens (tertiary/aromatic N) is 4. The Labute approximate surface area is 192 Å². The van der Waals surface area contributed by atoms with Crippen LogP contribution in [0.15, 0.2) is 60.9 Å². The van der Waals surface area contributed by atoms with Crippen molar-refractivity contribution in [3.05, 3.63) is 66.5 Å². The number of benzene rings is 2. The maximum atomic E-state index is 11.6. The molecule has 2 heterocycles. The summed E-state index contributed by atoms with van der Waals surface area (Å²) in [6.07, 6.45) is 3.49. The predicted molar refractivity (Wildman–Crippen MR) is 131 cm³/mol. The number of pyridine rings is 1. The Morgan fingerprint density at radius 2 is 1.88 bits per heavy atom. The van der Waals surface area contributed by atoms with E-state index in [2.05, 4.69) is 30.5 Å². The lowest BCUT2D eigenvalue weighted by Gasteiger charge is -2.14. The van der Waals surface area contributed by atoms with Crippen LogP contribution in [0.3, 0.4) is 0 Å². The molecule has 0 radical (unpaired) electrons. The molecule has 0 aliphatic rings. The molecular formula is C25H26N6O2. The van der Waals surface area contributed by atoms with Crippen molar-refractivity contribution in [2.75, 3.05) is 31.8 Å². The number of rotatable bonds is 7. The van der Waals surface area contributed by atoms with Crippen molar-refractivity contribution >= 4 is 34.1 Å². The molecule has 0 aliphatic heterocycles. The zero-order valence-corrected chi connectivity index (χ0v) is 19.1. The maximum Gasteiger partial charge on any atom is 0.227 e. The molecule has 0 atom stereocenters. The van der Waals surface area contributed by atoms with Crippen LogP contribution in [-0.4, -0.2) is 47.0 Å². The smallest absolute Gasteiger partial charge is 0.227 e. The number of fused-ring (bicyclic) bond motifs is 1. The minimum atomic E-state index is -0.119. The standard InChI is InChI=1S/C25H26N6O2/c1-16(32)28-20-10-17(15-31(2)3)11-21(13-20)29-25-27-14-19-12-18(7-8-23(19)30-25)22-6-5-9-26-24(22)33-4/h5-14H,15H2,1-4H3,(H,28,32)(H,27,29,30). The molecule has 0 saturated carbocycles. The van der Waals surface area contributed by atoms with Gasteiger partial charge in [-0.05, 0) is 67.7 Å². The summed E-state index contributed by atoms with van der Waals surface area (Å²) >= 11 is 0. The quantitative estimate of drug-likeness (QED) is 0.436. The number of amides is 1. The van der Waals surface area contributed by atoms with E-state index in [0.29, 0.717) is 11.8 Å². The number of methoxy groups -OCH3 is 1. The number of anilines is 3. The molecule has 8 heteroatoms. The summed E-state index contributed by atoms with van der Waals surface area (Å²) in [6, 6.07) is 15.7. The van der Waals surface area contributed by atoms with Crippen molar-refractivity contribution in [2.24, 2.45) is 0 Å². The molecule has 0 unspecified atom stereocenters. The molecule has 1 amide bonds. The molecule has 0 spiro atoms. The fourth-order valence-electron chi connectivity index (χ4n) is 3.66. The van der Waals surface area contributed by atoms with Gasteiger partial charge in [-0.1, -0.05) is 6.07 Å². The van der Waals surface area contributed by atoms with Gasteiger partial charge in [0.2, 0.25) is 17.7 Å². The van der Waals surface area contributed by atoms with Gasteiger partial charge in [0.15, 0.2) is 0 Å². The van der Waals surface area contributed by atoms with Gasteiger partial charge in [0, 0.05) is 48.2 Å². The van der Waals surface area contributed by atoms with Crippen LogP contribution in [-0.2, 0) is 11.3 Å². The summed E-state index contributed by atoms with van der Waals surface area (Å²) < 4.78 is 5.38. The fourth-order valence-corrected chi connectivity index (χ4v) is 3.66. The Morgan fingerprint density at radius 3 is 2.64 bits per heavy atom. The van der Waals surface area contributed by atoms with E-state index in [0.717, 1.165) is 45.5 Å². The first kappa shape index (κ1) is 22.2. The minimum Gasteiger partial charge on any atom is -0.481 e. The second-order valence-electron chi connectivity index (χ2n) is 7.99. The lowest BCUT2D eigenvalue weighted by Crippen LogP contribution is -2.12. The van der Waals surface area contributed by atoms with Crippen LogP contribution in [0.2, 0.25) is 0 Å². The SMILES string of the molecule is COc1ncccc1-c1ccc2nc(Nc3cc(CN(C)C)cc(NC(C)=O)c3)ncc2c1. The third-order valence-corrected chi connectivity index (χ3v) is 4.92. The average molecular weight is 443 g/mol. The van der Waals surface area contributed by atoms with Crippen LogP contribution in [0.4, 0.5) is 17.3 Å². The molecular weight excluding hydrogens is 416 g/mol. The molecule has 0 saturated heterocycles. The molecule has 168 valence electrons. The Bertz CT molecular complexity index is 1310. The summed E-state index contributed by atoms with van der Waals surface area (Å²) in [5.41, 5.74) is 5.28. The predicted octanol–water partition coefficient (Wildman–Crippen LogP) is 4.46. The summed E-state index contributed by atoms with van der Waals surface area (Å²) in [5, 5.41) is 7.02. The van der Waals surface area contributed by atoms with Gasteiger partial charge in [-0.3, -0.25) is 4.79 Å². The van der Waals surface area contributed by atoms with E-state index in [1.807, 2.05) is 62.6 Å². The summed E-state index contributed by atoms with van der Waals surface area (Å²) in [7, 11) is 5.61. The molecule has 2 N–H and O–H groups in total. The summed E-state index contributed by atoms with van der Waals surface area (Å²) in [6.45, 7) is 2.23. The van der Waals surface area contributed by atoms with Crippen molar-refractivity contribution < 1.29 is 9.53 Å². The van der Waals surface area contributed by atoms with Crippen molar-refractivity contribution in [2.45, 2.75) is 13.5 Å². The highest BCUT2D eigenvalue weighted by molar-refractivity contribution is 5.90. The van der Waals surface area contributed by atoms with E-state index in [4.69, 9.17) is 4.74 Å². The highest BCUT2D eigenvalue weighted by Gasteiger charge is 2.10. The van der Waals surface area contributed by atoms with Gasteiger partial charge in [-0.25, -0.2) is 15.0 Å². The number of hydrogen-bond acceptors (Lipinski definition) is 7. The minimum absolute atomic E-state index is 0.119. The highest BCUT2D eigenvalue weighted by atomic mass is 16.5. The van der Waals surface area contributed by atoms with Crippen LogP contribution in [0.25, 0.3) is 22.0 Å². The van der Waals surface area contributed by atoms with Crippen LogP contribution in [0, 0.1) is 0 Å². The zero-order chi connectivity index (χ0) is 23.4. The molecule has 0 fully saturated rings. The van der Waals surface area contributed by atoms with Gasteiger partial charge in [0.25, 0.3) is 0 Å². The van der Waals surface area contributed by atoms with Crippen molar-refractivity contribution in [1.82, 2.24) is 19.9 Å². The first-order valence-electron chi connectivity index (χ1n) is 10.5. The van der Waals surface area contributed by atoms with E-state index in [1.165, 1.54) is 6.92 Å². The number of ether oxygens (including phenoxy) is 1. The molecule has 33 heavy (non-hydrogen) atoms. The first-order chi connectivity index (χ1) is 15.9. The monoisotopic (exact) mass is 442 g/mol. The third-order valence-electron chi connectivity index (χ3n) is 4.92. The fraction of sp³-hybridized carbons (Fsp3) is 0.200. The lowest BCUT2D eigenvalue weighted by atomic mass is 10.1. The van der Waals surface area contributed by atoms with Crippen molar-refractivity contribution in [1.29, 1.82) is 0 Å². The topological polar surface area (TPSA) is 92.3 Å². The van der Waals surface area contributed by atoms with Crippen LogP contribution in [0.1, 0.15) is 12.5 Å². The van der Waals surface area contributed by atoms with E-state index in [9.17, 15) is 4.79 Å². The normalized spacial score (nSPS) is 10.9. The summed E-state index contributed by atoms with van der Waals surface area (Å²) in [5.74, 6) is 0.930. The summed E-state index contributed by atoms with van der Waals surface area (Å²) in [4.78, 5) is 27.0. The van der Waals surface area contributed by atoms with E-state index in [-0.39, 0.29) is 5.91 Å². The first-order valence-corrected chi connectivity index (χ1v) is 10.5. The Hall–Kier alpha value is -4.04. The lowest BCUT2D eigenvalue weighted by molar-refractivity contribution is -0.114. The molecule has 4 rings (SSSR count). The molecule has 0 aliphatic carbocycles. The molecule has 2 aromatic heterocycles. The van der Waals surface area contributed by atoms with Gasteiger partial charge < -0.3 is 20.3 Å². The zero-order valence-electron chi connectivity index (χ0n) is 19.1. The van der Waals surface area contributed by atoms with Gasteiger partial charge >= 0.3 is 0 Å². The maximum absolute atomic E-state index is 11.6. The number of carbonyl (C=O) groups is 1. The number of aromatic nitrogens is 3. The van der Waals surface area contributed by atoms with Gasteiger partial charge in [0.05, 0.1) is 12.6 Å². The van der Waals surface area contributed by atoms with E-state index >= 15 is 0 Å². The molecule has 8 nitrogen and oxygen atoms in total. The number of hydrogen-bond donors (Lipinski definition) is 2. The number of nitrogens with one attached hydrogen (secondary N) is 2. The van der Waals surface area contributed by atoms with Crippen LogP contribution < -0.4 is 15.4 Å². The Balaban J connectivity index is 1.63. The second-order valence-corrected chi connectivity index (χ2v) is 7.99. The van der Waals surface area contributed by atoms with E-state index in [1.54, 1.807) is 19.5 Å². The molecule has 2 aromatic carbocycles. The average Bonchev–Trinajstić information content (AvgIpc) is 2.77. The van der Waals surface area contributed by atoms with Gasteiger partial charge in [-0.2, -0.15) is 0 Å². The van der Waals surface area contributed by atoms with Gasteiger partial charge in [0.1, 0.15) is 0 Å².